The second-order valence-corrected chi connectivity index (χ2v) is 4.02. The molecule has 1 unspecified atom stereocenters. The summed E-state index contributed by atoms with van der Waals surface area (Å²) in [6, 6.07) is 0. The number of carbonyl (C=O) groups is 4. The Kier molecular flexibility index (Phi) is 8.86. The molecule has 0 aromatic heterocycles. The summed E-state index contributed by atoms with van der Waals surface area (Å²) < 4.78 is 0. The van der Waals surface area contributed by atoms with E-state index in [4.69, 9.17) is 11.5 Å². The number of nitrogens with two attached hydrogens (primary N) is 2. The lowest BCUT2D eigenvalue weighted by molar-refractivity contribution is -0.137. The average Bonchev–Trinajstić information content (AvgIpc) is 2.38. The minimum atomic E-state index is -0.762. The van der Waals surface area contributed by atoms with Crippen LogP contribution in [0.4, 0.5) is 0 Å². The lowest BCUT2D eigenvalue weighted by Crippen LogP contribution is -2.22. The molecule has 18 heavy (non-hydrogen) atoms. The van der Waals surface area contributed by atoms with E-state index in [1.54, 1.807) is 0 Å². The minimum Gasteiger partial charge on any atom is -0.330 e. The fourth-order valence-electron chi connectivity index (χ4n) is 1.45. The molecule has 4 N–H and O–H groups in total. The van der Waals surface area contributed by atoms with Crippen LogP contribution in [-0.4, -0.2) is 36.7 Å². The smallest absolute Gasteiger partial charge is 0.198 e. The van der Waals surface area contributed by atoms with Gasteiger partial charge in [-0.3, -0.25) is 14.4 Å². The van der Waals surface area contributed by atoms with Gasteiger partial charge in [-0.15, -0.1) is 0 Å². The molecule has 0 fully saturated rings. The average molecular weight is 256 g/mol. The van der Waals surface area contributed by atoms with Gasteiger partial charge in [0.15, 0.2) is 11.6 Å². The van der Waals surface area contributed by atoms with Gasteiger partial charge in [0.1, 0.15) is 12.1 Å². The standard InChI is InChI=1S/C12H20N2O4/c13-6-1-2-11(17)12(18)4-3-10(16)9(8-15)5-7-14/h8-9H,1-7,13-14H2. The third-order valence-corrected chi connectivity index (χ3v) is 2.57. The van der Waals surface area contributed by atoms with Crippen LogP contribution >= 0.6 is 0 Å². The summed E-state index contributed by atoms with van der Waals surface area (Å²) in [6.07, 6.45) is 1.16. The van der Waals surface area contributed by atoms with Crippen LogP contribution in [0.5, 0.6) is 0 Å². The molecular formula is C12H20N2O4. The Morgan fingerprint density at radius 3 is 2.06 bits per heavy atom. The third kappa shape index (κ3) is 6.36. The van der Waals surface area contributed by atoms with Gasteiger partial charge >= 0.3 is 0 Å². The van der Waals surface area contributed by atoms with Crippen LogP contribution in [0.1, 0.15) is 32.1 Å². The molecule has 0 heterocycles. The number of carbonyl (C=O) groups excluding carboxylic acids is 4. The van der Waals surface area contributed by atoms with Crippen molar-refractivity contribution >= 4 is 23.6 Å². The van der Waals surface area contributed by atoms with E-state index < -0.39 is 17.5 Å². The van der Waals surface area contributed by atoms with Crippen LogP contribution in [0.15, 0.2) is 0 Å². The van der Waals surface area contributed by atoms with Gasteiger partial charge in [0.25, 0.3) is 0 Å². The summed E-state index contributed by atoms with van der Waals surface area (Å²) in [6.45, 7) is 0.584. The first kappa shape index (κ1) is 16.6. The summed E-state index contributed by atoms with van der Waals surface area (Å²) in [4.78, 5) is 44.8. The molecule has 0 aromatic carbocycles. The molecule has 0 rings (SSSR count). The molecule has 1 atom stereocenters. The maximum atomic E-state index is 11.5. The summed E-state index contributed by atoms with van der Waals surface area (Å²) in [5.74, 6) is -2.18. The minimum absolute atomic E-state index is 0.0867. The highest BCUT2D eigenvalue weighted by Gasteiger charge is 2.20. The van der Waals surface area contributed by atoms with Gasteiger partial charge in [0.05, 0.1) is 5.92 Å². The Labute approximate surface area is 106 Å². The number of hydrogen-bond donors (Lipinski definition) is 2. The first-order chi connectivity index (χ1) is 8.56. The van der Waals surface area contributed by atoms with E-state index in [0.29, 0.717) is 19.3 Å². The zero-order chi connectivity index (χ0) is 14.0. The zero-order valence-electron chi connectivity index (χ0n) is 10.4. The van der Waals surface area contributed by atoms with Gasteiger partial charge in [-0.05, 0) is 25.9 Å². The first-order valence-electron chi connectivity index (χ1n) is 6.01. The predicted molar refractivity (Wildman–Crippen MR) is 65.8 cm³/mol. The normalized spacial score (nSPS) is 11.9. The molecule has 0 bridgehead atoms. The van der Waals surface area contributed by atoms with Crippen molar-refractivity contribution in [2.45, 2.75) is 32.1 Å². The van der Waals surface area contributed by atoms with Crippen molar-refractivity contribution in [2.75, 3.05) is 13.1 Å². The highest BCUT2D eigenvalue weighted by Crippen LogP contribution is 2.07. The number of hydrogen-bond acceptors (Lipinski definition) is 6. The highest BCUT2D eigenvalue weighted by atomic mass is 16.2. The summed E-state index contributed by atoms with van der Waals surface area (Å²) >= 11 is 0. The van der Waals surface area contributed by atoms with Crippen molar-refractivity contribution in [3.05, 3.63) is 0 Å². The Hall–Kier alpha value is -1.40. The monoisotopic (exact) mass is 256 g/mol. The number of aldehydes is 1. The lowest BCUT2D eigenvalue weighted by atomic mass is 9.96. The Morgan fingerprint density at radius 2 is 1.56 bits per heavy atom. The van der Waals surface area contributed by atoms with Gasteiger partial charge in [0, 0.05) is 19.3 Å². The maximum absolute atomic E-state index is 11.5. The topological polar surface area (TPSA) is 120 Å². The molecule has 6 heteroatoms. The van der Waals surface area contributed by atoms with Crippen molar-refractivity contribution in [3.63, 3.8) is 0 Å². The van der Waals surface area contributed by atoms with Crippen LogP contribution in [0.2, 0.25) is 0 Å². The molecule has 6 nitrogen and oxygen atoms in total. The summed E-state index contributed by atoms with van der Waals surface area (Å²) in [7, 11) is 0. The summed E-state index contributed by atoms with van der Waals surface area (Å²) in [5.41, 5.74) is 10.5. The van der Waals surface area contributed by atoms with Crippen molar-refractivity contribution in [3.8, 4) is 0 Å². The van der Waals surface area contributed by atoms with E-state index in [2.05, 4.69) is 0 Å². The molecule has 0 aliphatic rings. The second kappa shape index (κ2) is 9.61. The van der Waals surface area contributed by atoms with Gasteiger partial charge in [-0.2, -0.15) is 0 Å². The number of rotatable bonds is 11. The Balaban J connectivity index is 4.07. The molecule has 0 aromatic rings. The zero-order valence-corrected chi connectivity index (χ0v) is 10.4. The fraction of sp³-hybridized carbons (Fsp3) is 0.667. The molecular weight excluding hydrogens is 236 g/mol. The van der Waals surface area contributed by atoms with Crippen molar-refractivity contribution in [1.29, 1.82) is 0 Å². The molecule has 0 saturated carbocycles. The van der Waals surface area contributed by atoms with Crippen molar-refractivity contribution in [1.82, 2.24) is 0 Å². The lowest BCUT2D eigenvalue weighted by Gasteiger charge is -2.06. The Bertz CT molecular complexity index is 315. The van der Waals surface area contributed by atoms with E-state index in [0.717, 1.165) is 0 Å². The maximum Gasteiger partial charge on any atom is 0.198 e. The third-order valence-electron chi connectivity index (χ3n) is 2.57. The fourth-order valence-corrected chi connectivity index (χ4v) is 1.45. The van der Waals surface area contributed by atoms with Crippen molar-refractivity contribution < 1.29 is 19.2 Å². The first-order valence-corrected chi connectivity index (χ1v) is 6.01. The van der Waals surface area contributed by atoms with Gasteiger partial charge in [-0.1, -0.05) is 0 Å². The van der Waals surface area contributed by atoms with Crippen LogP contribution in [0.3, 0.4) is 0 Å². The largest absolute Gasteiger partial charge is 0.330 e. The van der Waals surface area contributed by atoms with Crippen LogP contribution < -0.4 is 11.5 Å². The van der Waals surface area contributed by atoms with Gasteiger partial charge in [-0.25, -0.2) is 0 Å². The van der Waals surface area contributed by atoms with Gasteiger partial charge < -0.3 is 16.3 Å². The van der Waals surface area contributed by atoms with E-state index >= 15 is 0 Å². The highest BCUT2D eigenvalue weighted by molar-refractivity contribution is 6.37. The molecule has 0 saturated heterocycles. The Morgan fingerprint density at radius 1 is 0.944 bits per heavy atom. The van der Waals surface area contributed by atoms with Gasteiger partial charge in [0.2, 0.25) is 0 Å². The van der Waals surface area contributed by atoms with E-state index in [-0.39, 0.29) is 38.0 Å². The molecule has 0 radical (unpaired) electrons. The van der Waals surface area contributed by atoms with Crippen LogP contribution in [0.25, 0.3) is 0 Å². The van der Waals surface area contributed by atoms with E-state index in [9.17, 15) is 19.2 Å². The van der Waals surface area contributed by atoms with Crippen LogP contribution in [0, 0.1) is 5.92 Å². The molecule has 0 aliphatic carbocycles. The van der Waals surface area contributed by atoms with Crippen molar-refractivity contribution in [2.24, 2.45) is 17.4 Å². The van der Waals surface area contributed by atoms with E-state index in [1.807, 2.05) is 0 Å². The SMILES string of the molecule is NCCCC(=O)C(=O)CCC(=O)C(C=O)CCN. The molecule has 0 amide bonds. The number of Topliss-reactive ketones (excluding diaryl/α,β-unsaturated/α-hetero) is 3. The summed E-state index contributed by atoms with van der Waals surface area (Å²) in [5, 5.41) is 0. The van der Waals surface area contributed by atoms with E-state index in [1.165, 1.54) is 0 Å². The molecule has 0 aliphatic heterocycles. The molecule has 102 valence electrons. The quantitative estimate of drug-likeness (QED) is 0.288. The molecule has 0 spiro atoms. The van der Waals surface area contributed by atoms with Crippen LogP contribution in [-0.2, 0) is 19.2 Å². The second-order valence-electron chi connectivity index (χ2n) is 4.02. The number of ketones is 3. The predicted octanol–water partition coefficient (Wildman–Crippen LogP) is -0.623.